The first kappa shape index (κ1) is 15.8. The van der Waals surface area contributed by atoms with Crippen LogP contribution in [0.1, 0.15) is 11.9 Å². The molecule has 0 aliphatic rings. The summed E-state index contributed by atoms with van der Waals surface area (Å²) in [4.78, 5) is 6.86. The Hall–Kier alpha value is -1.55. The van der Waals surface area contributed by atoms with E-state index in [1.165, 1.54) is 0 Å². The molecule has 21 heavy (non-hydrogen) atoms. The fourth-order valence-electron chi connectivity index (χ4n) is 2.00. The molecule has 8 heteroatoms. The van der Waals surface area contributed by atoms with Crippen molar-refractivity contribution in [3.05, 3.63) is 30.1 Å². The predicted molar refractivity (Wildman–Crippen MR) is 72.2 cm³/mol. The number of H-pyrrole nitrogens is 1. The molecule has 1 aromatic heterocycles. The zero-order valence-electron chi connectivity index (χ0n) is 11.0. The van der Waals surface area contributed by atoms with E-state index in [2.05, 4.69) is 9.97 Å². The highest BCUT2D eigenvalue weighted by molar-refractivity contribution is 5.74. The second-order valence-corrected chi connectivity index (χ2v) is 4.81. The Morgan fingerprint density at radius 3 is 2.24 bits per heavy atom. The number of hydrogen-bond donors (Lipinski definition) is 7. The molecule has 0 spiro atoms. The Bertz CT molecular complexity index is 556. The molecule has 2 rings (SSSR count). The summed E-state index contributed by atoms with van der Waals surface area (Å²) in [5.74, 6) is 0.0217. The number of aliphatic hydroxyl groups excluding tert-OH is 6. The molecule has 7 N–H and O–H groups in total. The van der Waals surface area contributed by atoms with Gasteiger partial charge >= 0.3 is 0 Å². The molecular formula is C13H18N2O6. The third kappa shape index (κ3) is 3.21. The smallest absolute Gasteiger partial charge is 0.140 e. The van der Waals surface area contributed by atoms with Gasteiger partial charge in [0.15, 0.2) is 0 Å². The molecule has 8 nitrogen and oxygen atoms in total. The van der Waals surface area contributed by atoms with Gasteiger partial charge in [0.25, 0.3) is 0 Å². The van der Waals surface area contributed by atoms with Gasteiger partial charge in [-0.2, -0.15) is 0 Å². The molecule has 5 unspecified atom stereocenters. The average molecular weight is 298 g/mol. The van der Waals surface area contributed by atoms with Gasteiger partial charge in [0.05, 0.1) is 17.6 Å². The maximum Gasteiger partial charge on any atom is 0.140 e. The summed E-state index contributed by atoms with van der Waals surface area (Å²) in [6.07, 6.45) is -8.66. The van der Waals surface area contributed by atoms with Crippen LogP contribution in [-0.4, -0.2) is 71.6 Å². The summed E-state index contributed by atoms with van der Waals surface area (Å²) in [5.41, 5.74) is 1.22. The average Bonchev–Trinajstić information content (AvgIpc) is 2.95. The molecule has 0 saturated heterocycles. The van der Waals surface area contributed by atoms with E-state index in [-0.39, 0.29) is 5.82 Å². The molecule has 0 saturated carbocycles. The molecule has 0 amide bonds. The topological polar surface area (TPSA) is 150 Å². The van der Waals surface area contributed by atoms with Crippen molar-refractivity contribution >= 4 is 11.0 Å². The largest absolute Gasteiger partial charge is 0.394 e. The maximum atomic E-state index is 10.0. The van der Waals surface area contributed by atoms with Gasteiger partial charge in [0.1, 0.15) is 36.3 Å². The van der Waals surface area contributed by atoms with Gasteiger partial charge in [-0.25, -0.2) is 4.98 Å². The highest BCUT2D eigenvalue weighted by atomic mass is 16.4. The molecule has 2 aromatic rings. The number of benzene rings is 1. The Kier molecular flexibility index (Phi) is 4.88. The first-order valence-electron chi connectivity index (χ1n) is 6.41. The number of nitrogens with zero attached hydrogens (tertiary/aromatic N) is 1. The van der Waals surface area contributed by atoms with E-state index in [9.17, 15) is 25.5 Å². The molecular weight excluding hydrogens is 280 g/mol. The number of nitrogens with one attached hydrogen (secondary N) is 1. The van der Waals surface area contributed by atoms with Crippen molar-refractivity contribution in [2.45, 2.75) is 30.5 Å². The third-order valence-electron chi connectivity index (χ3n) is 3.29. The summed E-state index contributed by atoms with van der Waals surface area (Å²) in [7, 11) is 0. The predicted octanol–water partition coefficient (Wildman–Crippen LogP) is -1.97. The summed E-state index contributed by atoms with van der Waals surface area (Å²) in [6.45, 7) is -0.786. The Morgan fingerprint density at radius 1 is 0.952 bits per heavy atom. The van der Waals surface area contributed by atoms with Crippen LogP contribution in [-0.2, 0) is 0 Å². The lowest BCUT2D eigenvalue weighted by molar-refractivity contribution is -0.142. The van der Waals surface area contributed by atoms with Crippen LogP contribution in [0, 0.1) is 0 Å². The Morgan fingerprint density at radius 2 is 1.62 bits per heavy atom. The van der Waals surface area contributed by atoms with Crippen molar-refractivity contribution in [1.82, 2.24) is 9.97 Å². The van der Waals surface area contributed by atoms with E-state index in [0.29, 0.717) is 11.0 Å². The minimum atomic E-state index is -1.85. The van der Waals surface area contributed by atoms with Gasteiger partial charge in [-0.3, -0.25) is 0 Å². The number of aromatic amines is 1. The molecule has 116 valence electrons. The van der Waals surface area contributed by atoms with Crippen LogP contribution in [0.2, 0.25) is 0 Å². The molecule has 5 atom stereocenters. The van der Waals surface area contributed by atoms with E-state index in [4.69, 9.17) is 5.11 Å². The highest BCUT2D eigenvalue weighted by Crippen LogP contribution is 2.21. The van der Waals surface area contributed by atoms with E-state index >= 15 is 0 Å². The summed E-state index contributed by atoms with van der Waals surface area (Å²) in [6, 6.07) is 6.95. The molecule has 1 heterocycles. The number of aliphatic hydroxyl groups is 6. The summed E-state index contributed by atoms with van der Waals surface area (Å²) >= 11 is 0. The van der Waals surface area contributed by atoms with Crippen LogP contribution < -0.4 is 0 Å². The van der Waals surface area contributed by atoms with E-state index in [1.54, 1.807) is 24.3 Å². The minimum absolute atomic E-state index is 0.0217. The molecule has 0 aliphatic heterocycles. The van der Waals surface area contributed by atoms with Crippen molar-refractivity contribution in [3.63, 3.8) is 0 Å². The van der Waals surface area contributed by atoms with Gasteiger partial charge in [-0.15, -0.1) is 0 Å². The normalized spacial score (nSPS) is 19.1. The number of imidazole rings is 1. The standard InChI is InChI=1S/C13H18N2O6/c16-5-8(17)9(18)10(19)11(20)12(21)13-14-6-3-1-2-4-7(6)15-13/h1-4,8-12,16-21H,5H2,(H,14,15). The van der Waals surface area contributed by atoms with Crippen LogP contribution >= 0.6 is 0 Å². The van der Waals surface area contributed by atoms with E-state index in [0.717, 1.165) is 0 Å². The number of fused-ring (bicyclic) bond motifs is 1. The SMILES string of the molecule is OCC(O)C(O)C(O)C(O)C(O)c1nc2ccccc2[nH]1. The van der Waals surface area contributed by atoms with Crippen LogP contribution in [0.25, 0.3) is 11.0 Å². The number of para-hydroxylation sites is 2. The summed E-state index contributed by atoms with van der Waals surface area (Å²) in [5, 5.41) is 57.1. The monoisotopic (exact) mass is 298 g/mol. The first-order chi connectivity index (χ1) is 9.95. The fourth-order valence-corrected chi connectivity index (χ4v) is 2.00. The second kappa shape index (κ2) is 6.48. The lowest BCUT2D eigenvalue weighted by atomic mass is 9.99. The lowest BCUT2D eigenvalue weighted by Gasteiger charge is -2.27. The van der Waals surface area contributed by atoms with Crippen molar-refractivity contribution in [2.24, 2.45) is 0 Å². The molecule has 0 bridgehead atoms. The third-order valence-corrected chi connectivity index (χ3v) is 3.29. The summed E-state index contributed by atoms with van der Waals surface area (Å²) < 4.78 is 0. The molecule has 1 aromatic carbocycles. The van der Waals surface area contributed by atoms with Crippen molar-refractivity contribution in [3.8, 4) is 0 Å². The van der Waals surface area contributed by atoms with Crippen LogP contribution in [0.15, 0.2) is 24.3 Å². The highest BCUT2D eigenvalue weighted by Gasteiger charge is 2.35. The van der Waals surface area contributed by atoms with E-state index < -0.39 is 37.1 Å². The van der Waals surface area contributed by atoms with Gasteiger partial charge < -0.3 is 35.6 Å². The number of hydrogen-bond acceptors (Lipinski definition) is 7. The lowest BCUT2D eigenvalue weighted by Crippen LogP contribution is -2.47. The van der Waals surface area contributed by atoms with Crippen molar-refractivity contribution < 1.29 is 30.6 Å². The fraction of sp³-hybridized carbons (Fsp3) is 0.462. The van der Waals surface area contributed by atoms with Crippen LogP contribution in [0.4, 0.5) is 0 Å². The Labute approximate surface area is 119 Å². The quantitative estimate of drug-likeness (QED) is 0.327. The molecule has 0 fully saturated rings. The van der Waals surface area contributed by atoms with Crippen LogP contribution in [0.3, 0.4) is 0 Å². The zero-order valence-corrected chi connectivity index (χ0v) is 11.0. The minimum Gasteiger partial charge on any atom is -0.394 e. The van der Waals surface area contributed by atoms with Gasteiger partial charge in [0.2, 0.25) is 0 Å². The van der Waals surface area contributed by atoms with Crippen LogP contribution in [0.5, 0.6) is 0 Å². The molecule has 0 aliphatic carbocycles. The zero-order chi connectivity index (χ0) is 15.6. The van der Waals surface area contributed by atoms with E-state index in [1.807, 2.05) is 0 Å². The molecule has 0 radical (unpaired) electrons. The van der Waals surface area contributed by atoms with Gasteiger partial charge in [-0.1, -0.05) is 12.1 Å². The van der Waals surface area contributed by atoms with Gasteiger partial charge in [0, 0.05) is 0 Å². The second-order valence-electron chi connectivity index (χ2n) is 4.81. The maximum absolute atomic E-state index is 10.0. The van der Waals surface area contributed by atoms with Crippen molar-refractivity contribution in [1.29, 1.82) is 0 Å². The first-order valence-corrected chi connectivity index (χ1v) is 6.41. The Balaban J connectivity index is 2.16. The van der Waals surface area contributed by atoms with Gasteiger partial charge in [-0.05, 0) is 12.1 Å². The number of rotatable bonds is 6. The number of aromatic nitrogens is 2. The van der Waals surface area contributed by atoms with Crippen molar-refractivity contribution in [2.75, 3.05) is 6.61 Å².